The number of carbonyl (C=O) groups excluding carboxylic acids is 2. The normalized spacial score (nSPS) is 11.9. The van der Waals surface area contributed by atoms with Gasteiger partial charge >= 0.3 is 0 Å². The van der Waals surface area contributed by atoms with Crippen LogP contribution in [0.15, 0.2) is 60.0 Å². The van der Waals surface area contributed by atoms with Crippen LogP contribution in [0.2, 0.25) is 0 Å². The van der Waals surface area contributed by atoms with Gasteiger partial charge in [-0.15, -0.1) is 11.3 Å². The molecule has 2 aromatic carbocycles. The Labute approximate surface area is 144 Å². The SMILES string of the molecule is O=C(NCCc1cccs1)c1ccc2c(c1)C(=O)c1ccccc1-2. The smallest absolute Gasteiger partial charge is 0.251 e. The summed E-state index contributed by atoms with van der Waals surface area (Å²) in [6.45, 7) is 0.588. The zero-order chi connectivity index (χ0) is 16.5. The van der Waals surface area contributed by atoms with Crippen molar-refractivity contribution in [3.8, 4) is 11.1 Å². The van der Waals surface area contributed by atoms with Crippen LogP contribution in [-0.4, -0.2) is 18.2 Å². The van der Waals surface area contributed by atoms with Crippen LogP contribution >= 0.6 is 11.3 Å². The van der Waals surface area contributed by atoms with E-state index in [9.17, 15) is 9.59 Å². The Balaban J connectivity index is 1.52. The first-order valence-electron chi connectivity index (χ1n) is 7.83. The van der Waals surface area contributed by atoms with Crippen molar-refractivity contribution in [2.45, 2.75) is 6.42 Å². The second kappa shape index (κ2) is 6.06. The highest BCUT2D eigenvalue weighted by Crippen LogP contribution is 2.36. The number of carbonyl (C=O) groups is 2. The fraction of sp³-hybridized carbons (Fsp3) is 0.100. The standard InChI is InChI=1S/C20H15NO2S/c22-19-17-6-2-1-5-15(17)16-8-7-13(12-18(16)19)20(23)21-10-9-14-4-3-11-24-14/h1-8,11-12H,9-10H2,(H,21,23). The summed E-state index contributed by atoms with van der Waals surface area (Å²) in [7, 11) is 0. The Hall–Kier alpha value is -2.72. The number of nitrogens with one attached hydrogen (secondary N) is 1. The van der Waals surface area contributed by atoms with E-state index < -0.39 is 0 Å². The maximum Gasteiger partial charge on any atom is 0.251 e. The summed E-state index contributed by atoms with van der Waals surface area (Å²) in [6.07, 6.45) is 0.818. The molecule has 0 saturated heterocycles. The molecule has 1 aliphatic carbocycles. The lowest BCUT2D eigenvalue weighted by Gasteiger charge is -2.06. The zero-order valence-electron chi connectivity index (χ0n) is 12.9. The Morgan fingerprint density at radius 2 is 1.71 bits per heavy atom. The van der Waals surface area contributed by atoms with Gasteiger partial charge < -0.3 is 5.32 Å². The molecule has 0 saturated carbocycles. The molecule has 1 amide bonds. The van der Waals surface area contributed by atoms with Crippen LogP contribution in [-0.2, 0) is 6.42 Å². The van der Waals surface area contributed by atoms with E-state index in [0.717, 1.165) is 17.5 Å². The average Bonchev–Trinajstić information content (AvgIpc) is 3.22. The van der Waals surface area contributed by atoms with Crippen LogP contribution in [0.1, 0.15) is 31.2 Å². The largest absolute Gasteiger partial charge is 0.352 e. The average molecular weight is 333 g/mol. The zero-order valence-corrected chi connectivity index (χ0v) is 13.7. The van der Waals surface area contributed by atoms with E-state index in [1.54, 1.807) is 23.5 Å². The lowest BCUT2D eigenvalue weighted by molar-refractivity contribution is 0.0954. The van der Waals surface area contributed by atoms with Crippen LogP contribution in [0.25, 0.3) is 11.1 Å². The monoisotopic (exact) mass is 333 g/mol. The van der Waals surface area contributed by atoms with Gasteiger partial charge in [0.25, 0.3) is 5.91 Å². The number of hydrogen-bond donors (Lipinski definition) is 1. The molecule has 0 radical (unpaired) electrons. The lowest BCUT2D eigenvalue weighted by Crippen LogP contribution is -2.25. The van der Waals surface area contributed by atoms with Crippen molar-refractivity contribution >= 4 is 23.0 Å². The molecule has 3 nitrogen and oxygen atoms in total. The van der Waals surface area contributed by atoms with Gasteiger partial charge in [0.05, 0.1) is 0 Å². The molecule has 0 fully saturated rings. The van der Waals surface area contributed by atoms with Gasteiger partial charge in [-0.05, 0) is 41.1 Å². The number of amides is 1. The summed E-state index contributed by atoms with van der Waals surface area (Å²) >= 11 is 1.68. The van der Waals surface area contributed by atoms with Crippen LogP contribution in [0.4, 0.5) is 0 Å². The summed E-state index contributed by atoms with van der Waals surface area (Å²) in [6, 6.07) is 17.0. The van der Waals surface area contributed by atoms with Crippen molar-refractivity contribution in [3.05, 3.63) is 81.5 Å². The van der Waals surface area contributed by atoms with Crippen molar-refractivity contribution in [1.29, 1.82) is 0 Å². The van der Waals surface area contributed by atoms with Gasteiger partial charge in [0.2, 0.25) is 0 Å². The summed E-state index contributed by atoms with van der Waals surface area (Å²) in [5, 5.41) is 4.95. The Bertz CT molecular complexity index is 929. The van der Waals surface area contributed by atoms with Gasteiger partial charge in [0.15, 0.2) is 5.78 Å². The topological polar surface area (TPSA) is 46.2 Å². The Kier molecular flexibility index (Phi) is 3.75. The van der Waals surface area contributed by atoms with Crippen molar-refractivity contribution in [1.82, 2.24) is 5.32 Å². The summed E-state index contributed by atoms with van der Waals surface area (Å²) in [5.74, 6) is -0.146. The number of hydrogen-bond acceptors (Lipinski definition) is 3. The highest BCUT2D eigenvalue weighted by atomic mass is 32.1. The molecular formula is C20H15NO2S. The van der Waals surface area contributed by atoms with Crippen LogP contribution in [0, 0.1) is 0 Å². The maximum absolute atomic E-state index is 12.5. The van der Waals surface area contributed by atoms with E-state index in [2.05, 4.69) is 11.4 Å². The highest BCUT2D eigenvalue weighted by Gasteiger charge is 2.26. The molecule has 1 aliphatic rings. The van der Waals surface area contributed by atoms with Crippen molar-refractivity contribution in [2.24, 2.45) is 0 Å². The number of rotatable bonds is 4. The van der Waals surface area contributed by atoms with Gasteiger partial charge in [-0.3, -0.25) is 9.59 Å². The third kappa shape index (κ3) is 2.55. The van der Waals surface area contributed by atoms with Gasteiger partial charge in [-0.2, -0.15) is 0 Å². The van der Waals surface area contributed by atoms with E-state index >= 15 is 0 Å². The molecule has 4 heteroatoms. The third-order valence-electron chi connectivity index (χ3n) is 4.23. The lowest BCUT2D eigenvalue weighted by atomic mass is 10.0. The first-order valence-corrected chi connectivity index (χ1v) is 8.71. The van der Waals surface area contributed by atoms with E-state index in [4.69, 9.17) is 0 Å². The first kappa shape index (κ1) is 14.8. The predicted molar refractivity (Wildman–Crippen MR) is 95.7 cm³/mol. The molecule has 24 heavy (non-hydrogen) atoms. The fourth-order valence-electron chi connectivity index (χ4n) is 3.03. The summed E-state index contributed by atoms with van der Waals surface area (Å²) < 4.78 is 0. The molecule has 1 aromatic heterocycles. The van der Waals surface area contributed by atoms with Crippen LogP contribution in [0.3, 0.4) is 0 Å². The number of thiophene rings is 1. The number of ketones is 1. The minimum Gasteiger partial charge on any atom is -0.352 e. The molecule has 4 rings (SSSR count). The Morgan fingerprint density at radius 3 is 2.50 bits per heavy atom. The van der Waals surface area contributed by atoms with E-state index in [1.807, 2.05) is 41.8 Å². The van der Waals surface area contributed by atoms with Crippen molar-refractivity contribution in [2.75, 3.05) is 6.54 Å². The molecule has 0 spiro atoms. The molecule has 118 valence electrons. The van der Waals surface area contributed by atoms with Gasteiger partial charge in [-0.25, -0.2) is 0 Å². The van der Waals surface area contributed by atoms with Crippen molar-refractivity contribution < 1.29 is 9.59 Å². The summed E-state index contributed by atoms with van der Waals surface area (Å²) in [5.41, 5.74) is 3.71. The van der Waals surface area contributed by atoms with Gasteiger partial charge in [-0.1, -0.05) is 36.4 Å². The molecule has 1 heterocycles. The number of benzene rings is 2. The minimum absolute atomic E-state index is 0.00571. The number of fused-ring (bicyclic) bond motifs is 3. The highest BCUT2D eigenvalue weighted by molar-refractivity contribution is 7.09. The minimum atomic E-state index is -0.141. The van der Waals surface area contributed by atoms with E-state index in [-0.39, 0.29) is 11.7 Å². The molecule has 0 atom stereocenters. The predicted octanol–water partition coefficient (Wildman–Crippen LogP) is 3.93. The van der Waals surface area contributed by atoms with E-state index in [1.165, 1.54) is 4.88 Å². The second-order valence-electron chi connectivity index (χ2n) is 5.72. The van der Waals surface area contributed by atoms with Crippen molar-refractivity contribution in [3.63, 3.8) is 0 Å². The third-order valence-corrected chi connectivity index (χ3v) is 5.16. The van der Waals surface area contributed by atoms with Gasteiger partial charge in [0.1, 0.15) is 0 Å². The quantitative estimate of drug-likeness (QED) is 0.615. The second-order valence-corrected chi connectivity index (χ2v) is 6.75. The molecule has 0 bridgehead atoms. The Morgan fingerprint density at radius 1 is 0.917 bits per heavy atom. The fourth-order valence-corrected chi connectivity index (χ4v) is 3.73. The molecule has 1 N–H and O–H groups in total. The van der Waals surface area contributed by atoms with E-state index in [0.29, 0.717) is 23.2 Å². The van der Waals surface area contributed by atoms with Crippen LogP contribution in [0.5, 0.6) is 0 Å². The maximum atomic E-state index is 12.5. The first-order chi connectivity index (χ1) is 11.7. The molecular weight excluding hydrogens is 318 g/mol. The molecule has 0 aliphatic heterocycles. The van der Waals surface area contributed by atoms with Gasteiger partial charge in [0, 0.05) is 28.1 Å². The molecule has 3 aromatic rings. The molecule has 0 unspecified atom stereocenters. The summed E-state index contributed by atoms with van der Waals surface area (Å²) in [4.78, 5) is 26.1. The van der Waals surface area contributed by atoms with Crippen LogP contribution < -0.4 is 5.32 Å².